The Balaban J connectivity index is 2.62. The molecule has 0 aliphatic rings. The van der Waals surface area contributed by atoms with Crippen molar-refractivity contribution in [2.45, 2.75) is 20.4 Å². The molecule has 0 atom stereocenters. The van der Waals surface area contributed by atoms with E-state index in [9.17, 15) is 4.39 Å². The lowest BCUT2D eigenvalue weighted by Gasteiger charge is -2.04. The number of nitrogens with zero attached hydrogens (tertiary/aromatic N) is 1. The van der Waals surface area contributed by atoms with Gasteiger partial charge in [0.1, 0.15) is 0 Å². The van der Waals surface area contributed by atoms with Gasteiger partial charge in [-0.15, -0.1) is 0 Å². The number of methoxy groups -OCH3 is 1. The molecule has 0 aliphatic carbocycles. The van der Waals surface area contributed by atoms with Crippen LogP contribution in [0.5, 0.6) is 5.75 Å². The molecular formula is C13H15FN2OS. The summed E-state index contributed by atoms with van der Waals surface area (Å²) in [5, 5.41) is 0. The smallest absolute Gasteiger partial charge is 0.178 e. The molecule has 0 saturated carbocycles. The van der Waals surface area contributed by atoms with Crippen LogP contribution in [-0.2, 0) is 6.54 Å². The van der Waals surface area contributed by atoms with Gasteiger partial charge in [-0.25, -0.2) is 4.39 Å². The highest BCUT2D eigenvalue weighted by molar-refractivity contribution is 7.71. The van der Waals surface area contributed by atoms with E-state index in [4.69, 9.17) is 17.0 Å². The number of ether oxygens (including phenoxy) is 1. The summed E-state index contributed by atoms with van der Waals surface area (Å²) >= 11 is 5.24. The van der Waals surface area contributed by atoms with Crippen molar-refractivity contribution in [3.63, 3.8) is 0 Å². The Hall–Kier alpha value is -1.62. The lowest BCUT2D eigenvalue weighted by atomic mass is 10.2. The van der Waals surface area contributed by atoms with Gasteiger partial charge in [-0.1, -0.05) is 11.6 Å². The first-order valence-electron chi connectivity index (χ1n) is 5.62. The summed E-state index contributed by atoms with van der Waals surface area (Å²) in [4.78, 5) is 3.00. The third-order valence-corrected chi connectivity index (χ3v) is 3.05. The van der Waals surface area contributed by atoms with E-state index in [1.165, 1.54) is 18.7 Å². The lowest BCUT2D eigenvalue weighted by molar-refractivity contribution is 0.387. The molecule has 0 unspecified atom stereocenters. The first kappa shape index (κ1) is 12.8. The number of halogens is 1. The zero-order valence-corrected chi connectivity index (χ0v) is 11.4. The van der Waals surface area contributed by atoms with Crippen LogP contribution in [0.3, 0.4) is 0 Å². The zero-order chi connectivity index (χ0) is 13.3. The molecule has 1 aromatic carbocycles. The SMILES string of the molecule is COc1cc2c(cc1F)[nH]c(=S)n2CC=C(C)C. The van der Waals surface area contributed by atoms with Gasteiger partial charge in [0.25, 0.3) is 0 Å². The highest BCUT2D eigenvalue weighted by atomic mass is 32.1. The van der Waals surface area contributed by atoms with Gasteiger partial charge in [-0.05, 0) is 26.1 Å². The minimum Gasteiger partial charge on any atom is -0.494 e. The highest BCUT2D eigenvalue weighted by Crippen LogP contribution is 2.24. The van der Waals surface area contributed by atoms with Crippen molar-refractivity contribution in [2.24, 2.45) is 0 Å². The van der Waals surface area contributed by atoms with E-state index in [1.54, 1.807) is 6.07 Å². The molecule has 1 heterocycles. The van der Waals surface area contributed by atoms with E-state index < -0.39 is 5.82 Å². The van der Waals surface area contributed by atoms with Crippen LogP contribution in [0.4, 0.5) is 4.39 Å². The predicted octanol–water partition coefficient (Wildman–Crippen LogP) is 3.81. The van der Waals surface area contributed by atoms with Crippen LogP contribution in [0.25, 0.3) is 11.0 Å². The molecule has 0 fully saturated rings. The average Bonchev–Trinajstić information content (AvgIpc) is 2.60. The molecule has 5 heteroatoms. The van der Waals surface area contributed by atoms with Crippen molar-refractivity contribution in [3.8, 4) is 5.75 Å². The number of H-pyrrole nitrogens is 1. The standard InChI is InChI=1S/C13H15FN2OS/c1-8(2)4-5-16-11-7-12(17-3)9(14)6-10(11)15-13(16)18/h4,6-7H,5H2,1-3H3,(H,15,18). The second-order valence-electron chi connectivity index (χ2n) is 4.33. The molecular weight excluding hydrogens is 251 g/mol. The highest BCUT2D eigenvalue weighted by Gasteiger charge is 2.09. The summed E-state index contributed by atoms with van der Waals surface area (Å²) in [5.74, 6) is -0.168. The Kier molecular flexibility index (Phi) is 3.52. The molecule has 3 nitrogen and oxygen atoms in total. The van der Waals surface area contributed by atoms with Crippen LogP contribution in [0.2, 0.25) is 0 Å². The van der Waals surface area contributed by atoms with Crippen molar-refractivity contribution in [1.82, 2.24) is 9.55 Å². The molecule has 0 bridgehead atoms. The molecule has 18 heavy (non-hydrogen) atoms. The fourth-order valence-electron chi connectivity index (χ4n) is 1.77. The van der Waals surface area contributed by atoms with Crippen molar-refractivity contribution in [1.29, 1.82) is 0 Å². The van der Waals surface area contributed by atoms with E-state index in [0.717, 1.165) is 5.52 Å². The molecule has 0 spiro atoms. The van der Waals surface area contributed by atoms with E-state index in [2.05, 4.69) is 11.1 Å². The molecule has 0 amide bonds. The first-order chi connectivity index (χ1) is 8.52. The Labute approximate surface area is 110 Å². The second-order valence-corrected chi connectivity index (χ2v) is 4.71. The van der Waals surface area contributed by atoms with Gasteiger partial charge in [-0.2, -0.15) is 0 Å². The Morgan fingerprint density at radius 1 is 1.50 bits per heavy atom. The van der Waals surface area contributed by atoms with Crippen molar-refractivity contribution in [2.75, 3.05) is 7.11 Å². The Morgan fingerprint density at radius 2 is 2.22 bits per heavy atom. The minimum atomic E-state index is -0.393. The summed E-state index contributed by atoms with van der Waals surface area (Å²) in [7, 11) is 1.45. The van der Waals surface area contributed by atoms with E-state index in [-0.39, 0.29) is 5.75 Å². The Morgan fingerprint density at radius 3 is 2.83 bits per heavy atom. The topological polar surface area (TPSA) is 29.9 Å². The van der Waals surface area contributed by atoms with Gasteiger partial charge in [0, 0.05) is 18.7 Å². The maximum Gasteiger partial charge on any atom is 0.178 e. The number of aromatic nitrogens is 2. The summed E-state index contributed by atoms with van der Waals surface area (Å²) in [6, 6.07) is 3.07. The molecule has 2 rings (SSSR count). The quantitative estimate of drug-likeness (QED) is 0.676. The summed E-state index contributed by atoms with van der Waals surface area (Å²) in [6.07, 6.45) is 2.07. The van der Waals surface area contributed by atoms with Crippen molar-refractivity contribution < 1.29 is 9.13 Å². The molecule has 2 aromatic rings. The normalized spacial score (nSPS) is 10.7. The van der Waals surface area contributed by atoms with E-state index in [1.807, 2.05) is 18.4 Å². The van der Waals surface area contributed by atoms with E-state index in [0.29, 0.717) is 16.8 Å². The third-order valence-electron chi connectivity index (χ3n) is 2.73. The number of nitrogens with one attached hydrogen (secondary N) is 1. The number of fused-ring (bicyclic) bond motifs is 1. The minimum absolute atomic E-state index is 0.224. The van der Waals surface area contributed by atoms with Gasteiger partial charge in [0.05, 0.1) is 18.1 Å². The fourth-order valence-corrected chi connectivity index (χ4v) is 2.05. The second kappa shape index (κ2) is 4.94. The Bertz CT molecular complexity index is 665. The predicted molar refractivity (Wildman–Crippen MR) is 73.1 cm³/mol. The number of aromatic amines is 1. The summed E-state index contributed by atoms with van der Waals surface area (Å²) in [6.45, 7) is 4.72. The number of imidazole rings is 1. The number of hydrogen-bond donors (Lipinski definition) is 1. The molecule has 1 N–H and O–H groups in total. The molecule has 0 radical (unpaired) electrons. The molecule has 0 aliphatic heterocycles. The fraction of sp³-hybridized carbons (Fsp3) is 0.308. The lowest BCUT2D eigenvalue weighted by Crippen LogP contribution is -1.96. The van der Waals surface area contributed by atoms with Crippen LogP contribution >= 0.6 is 12.2 Å². The summed E-state index contributed by atoms with van der Waals surface area (Å²) in [5.41, 5.74) is 2.73. The third kappa shape index (κ3) is 2.31. The molecule has 96 valence electrons. The van der Waals surface area contributed by atoms with E-state index >= 15 is 0 Å². The van der Waals surface area contributed by atoms with Crippen molar-refractivity contribution in [3.05, 3.63) is 34.4 Å². The van der Waals surface area contributed by atoms with Crippen molar-refractivity contribution >= 4 is 23.3 Å². The summed E-state index contributed by atoms with van der Waals surface area (Å²) < 4.78 is 21.1. The average molecular weight is 266 g/mol. The van der Waals surface area contributed by atoms with Crippen LogP contribution in [-0.4, -0.2) is 16.7 Å². The maximum atomic E-state index is 13.6. The number of allylic oxidation sites excluding steroid dienone is 2. The monoisotopic (exact) mass is 266 g/mol. The zero-order valence-electron chi connectivity index (χ0n) is 10.6. The van der Waals surface area contributed by atoms with Crippen LogP contribution in [0.1, 0.15) is 13.8 Å². The van der Waals surface area contributed by atoms with Gasteiger partial charge >= 0.3 is 0 Å². The van der Waals surface area contributed by atoms with Gasteiger partial charge in [-0.3, -0.25) is 0 Å². The van der Waals surface area contributed by atoms with Crippen LogP contribution < -0.4 is 4.74 Å². The van der Waals surface area contributed by atoms with Crippen LogP contribution in [0.15, 0.2) is 23.8 Å². The number of rotatable bonds is 3. The molecule has 1 aromatic heterocycles. The first-order valence-corrected chi connectivity index (χ1v) is 6.03. The number of hydrogen-bond acceptors (Lipinski definition) is 2. The van der Waals surface area contributed by atoms with Gasteiger partial charge < -0.3 is 14.3 Å². The maximum absolute atomic E-state index is 13.6. The van der Waals surface area contributed by atoms with Gasteiger partial charge in [0.15, 0.2) is 16.3 Å². The largest absolute Gasteiger partial charge is 0.494 e. The molecule has 0 saturated heterocycles. The number of benzene rings is 1. The van der Waals surface area contributed by atoms with Crippen LogP contribution in [0, 0.1) is 10.6 Å². The van der Waals surface area contributed by atoms with Gasteiger partial charge in [0.2, 0.25) is 0 Å².